The van der Waals surface area contributed by atoms with Crippen LogP contribution in [0.15, 0.2) is 64.8 Å². The number of ketones is 1. The molecule has 0 saturated heterocycles. The molecule has 0 N–H and O–H groups in total. The fourth-order valence-electron chi connectivity index (χ4n) is 4.75. The van der Waals surface area contributed by atoms with Crippen molar-refractivity contribution in [3.05, 3.63) is 82.3 Å². The van der Waals surface area contributed by atoms with Crippen LogP contribution in [0.5, 0.6) is 0 Å². The number of carbonyl (C=O) groups is 2. The van der Waals surface area contributed by atoms with Gasteiger partial charge in [0, 0.05) is 23.7 Å². The monoisotopic (exact) mass is 405 g/mol. The largest absolute Gasteiger partial charge is 0.466 e. The van der Waals surface area contributed by atoms with E-state index in [2.05, 4.69) is 0 Å². The maximum absolute atomic E-state index is 13.4. The Morgan fingerprint density at radius 1 is 1.03 bits per heavy atom. The minimum atomic E-state index is -0.485. The Kier molecular flexibility index (Phi) is 5.37. The zero-order chi connectivity index (χ0) is 21.4. The second-order valence-corrected chi connectivity index (χ2v) is 8.09. The summed E-state index contributed by atoms with van der Waals surface area (Å²) in [7, 11) is 1.35. The van der Waals surface area contributed by atoms with Crippen LogP contribution in [0, 0.1) is 18.7 Å². The number of carbonyl (C=O) groups excluding carboxylic acids is 2. The average molecular weight is 405 g/mol. The van der Waals surface area contributed by atoms with Crippen LogP contribution in [0.3, 0.4) is 0 Å². The van der Waals surface area contributed by atoms with Crippen molar-refractivity contribution in [3.63, 3.8) is 0 Å². The lowest BCUT2D eigenvalue weighted by atomic mass is 9.66. The normalized spacial score (nSPS) is 23.7. The number of fused-ring (bicyclic) bond motifs is 1. The molecule has 154 valence electrons. The molecular weight excluding hydrogens is 381 g/mol. The quantitative estimate of drug-likeness (QED) is 0.684. The molecule has 3 atom stereocenters. The highest BCUT2D eigenvalue weighted by molar-refractivity contribution is 6.12. The van der Waals surface area contributed by atoms with Gasteiger partial charge in [0.05, 0.1) is 18.6 Å². The Morgan fingerprint density at radius 2 is 1.77 bits per heavy atom. The third-order valence-electron chi connectivity index (χ3n) is 6.10. The van der Waals surface area contributed by atoms with Crippen molar-refractivity contribution in [1.82, 2.24) is 0 Å². The number of ether oxygens (including phenoxy) is 1. The van der Waals surface area contributed by atoms with Crippen LogP contribution in [0.25, 0.3) is 0 Å². The second kappa shape index (κ2) is 7.98. The highest BCUT2D eigenvalue weighted by atomic mass is 19.1. The lowest BCUT2D eigenvalue weighted by Crippen LogP contribution is -2.41. The van der Waals surface area contributed by atoms with E-state index >= 15 is 0 Å². The van der Waals surface area contributed by atoms with Crippen LogP contribution >= 0.6 is 0 Å². The van der Waals surface area contributed by atoms with E-state index in [1.54, 1.807) is 19.1 Å². The number of aryl methyl sites for hydroxylation is 1. The Balaban J connectivity index is 1.79. The molecule has 2 aliphatic rings. The molecule has 0 amide bonds. The van der Waals surface area contributed by atoms with Crippen LogP contribution in [-0.4, -0.2) is 24.6 Å². The summed E-state index contributed by atoms with van der Waals surface area (Å²) in [4.78, 5) is 30.7. The topological polar surface area (TPSA) is 55.7 Å². The Bertz CT molecular complexity index is 1070. The highest BCUT2D eigenvalue weighted by Gasteiger charge is 2.45. The number of hydrogen-bond acceptors (Lipinski definition) is 4. The van der Waals surface area contributed by atoms with E-state index < -0.39 is 17.8 Å². The van der Waals surface area contributed by atoms with Crippen LogP contribution in [0.2, 0.25) is 0 Å². The van der Waals surface area contributed by atoms with Crippen molar-refractivity contribution in [2.45, 2.75) is 38.5 Å². The van der Waals surface area contributed by atoms with Crippen molar-refractivity contribution >= 4 is 17.5 Å². The smallest absolute Gasteiger partial charge is 0.336 e. The van der Waals surface area contributed by atoms with E-state index in [-0.39, 0.29) is 17.5 Å². The van der Waals surface area contributed by atoms with Gasteiger partial charge in [0.2, 0.25) is 0 Å². The molecule has 1 heterocycles. The minimum absolute atomic E-state index is 0.0428. The number of halogens is 1. The zero-order valence-electron chi connectivity index (χ0n) is 17.3. The lowest BCUT2D eigenvalue weighted by Gasteiger charge is -2.38. The molecule has 2 aromatic carbocycles. The number of hydrogen-bond donors (Lipinski definition) is 0. The van der Waals surface area contributed by atoms with Crippen molar-refractivity contribution in [2.75, 3.05) is 7.11 Å². The zero-order valence-corrected chi connectivity index (χ0v) is 17.3. The van der Waals surface area contributed by atoms with Gasteiger partial charge in [-0.2, -0.15) is 0 Å². The average Bonchev–Trinajstić information content (AvgIpc) is 2.72. The van der Waals surface area contributed by atoms with Gasteiger partial charge in [-0.25, -0.2) is 9.18 Å². The highest BCUT2D eigenvalue weighted by Crippen LogP contribution is 2.46. The first-order chi connectivity index (χ1) is 14.4. The molecular formula is C25H24FNO3. The molecule has 0 aromatic heterocycles. The number of benzene rings is 2. The standard InChI is InChI=1S/C25H24FNO3/c1-14-5-4-6-17(11-14)23-22(25(29)30-3)15(2)27-20-12-18(13-21(28)24(20)23)16-7-9-19(26)10-8-16/h4-11,18,23-24H,12-13H2,1-3H3/t18-,23-,24?/m0/s1. The van der Waals surface area contributed by atoms with Crippen molar-refractivity contribution in [1.29, 1.82) is 0 Å². The van der Waals surface area contributed by atoms with Crippen LogP contribution < -0.4 is 0 Å². The molecule has 4 rings (SSSR count). The summed E-state index contributed by atoms with van der Waals surface area (Å²) >= 11 is 0. The second-order valence-electron chi connectivity index (χ2n) is 8.09. The SMILES string of the molecule is COC(=O)C1=C(C)N=C2C[C@H](c3ccc(F)cc3)CC(=O)C2[C@H]1c1cccc(C)c1. The van der Waals surface area contributed by atoms with E-state index in [0.29, 0.717) is 24.1 Å². The van der Waals surface area contributed by atoms with E-state index in [1.165, 1.54) is 19.2 Å². The number of esters is 1. The van der Waals surface area contributed by atoms with E-state index in [4.69, 9.17) is 9.73 Å². The van der Waals surface area contributed by atoms with Crippen molar-refractivity contribution < 1.29 is 18.7 Å². The molecule has 1 aliphatic heterocycles. The number of Topliss-reactive ketones (excluding diaryl/α,β-unsaturated/α-hetero) is 1. The van der Waals surface area contributed by atoms with E-state index in [9.17, 15) is 14.0 Å². The molecule has 30 heavy (non-hydrogen) atoms. The van der Waals surface area contributed by atoms with Crippen LogP contribution in [0.1, 0.15) is 48.3 Å². The molecule has 1 fully saturated rings. The fraction of sp³-hybridized carbons (Fsp3) is 0.320. The summed E-state index contributed by atoms with van der Waals surface area (Å²) in [6, 6.07) is 14.2. The number of methoxy groups -OCH3 is 1. The Morgan fingerprint density at radius 3 is 2.43 bits per heavy atom. The van der Waals surface area contributed by atoms with Gasteiger partial charge in [-0.1, -0.05) is 42.0 Å². The van der Waals surface area contributed by atoms with Crippen molar-refractivity contribution in [3.8, 4) is 0 Å². The van der Waals surface area contributed by atoms with Crippen LogP contribution in [-0.2, 0) is 14.3 Å². The Labute approximate surface area is 175 Å². The third-order valence-corrected chi connectivity index (χ3v) is 6.10. The molecule has 1 unspecified atom stereocenters. The molecule has 1 saturated carbocycles. The summed E-state index contributed by atoms with van der Waals surface area (Å²) in [5, 5.41) is 0. The molecule has 5 heteroatoms. The predicted molar refractivity (Wildman–Crippen MR) is 113 cm³/mol. The fourth-order valence-corrected chi connectivity index (χ4v) is 4.75. The first-order valence-electron chi connectivity index (χ1n) is 10.1. The molecule has 4 nitrogen and oxygen atoms in total. The van der Waals surface area contributed by atoms with Gasteiger partial charge in [-0.3, -0.25) is 9.79 Å². The molecule has 0 radical (unpaired) electrons. The van der Waals surface area contributed by atoms with Gasteiger partial charge < -0.3 is 4.74 Å². The van der Waals surface area contributed by atoms with Gasteiger partial charge in [0.1, 0.15) is 11.6 Å². The van der Waals surface area contributed by atoms with E-state index in [1.807, 2.05) is 31.2 Å². The first-order valence-corrected chi connectivity index (χ1v) is 10.1. The molecule has 0 spiro atoms. The van der Waals surface area contributed by atoms with Gasteiger partial charge in [-0.05, 0) is 49.4 Å². The maximum Gasteiger partial charge on any atom is 0.336 e. The van der Waals surface area contributed by atoms with Gasteiger partial charge in [0.25, 0.3) is 0 Å². The first kappa shape index (κ1) is 20.2. The lowest BCUT2D eigenvalue weighted by molar-refractivity contribution is -0.136. The van der Waals surface area contributed by atoms with Gasteiger partial charge in [0.15, 0.2) is 0 Å². The number of rotatable bonds is 3. The third kappa shape index (κ3) is 3.60. The number of allylic oxidation sites excluding steroid dienone is 1. The van der Waals surface area contributed by atoms with Crippen molar-refractivity contribution in [2.24, 2.45) is 10.9 Å². The molecule has 2 aromatic rings. The predicted octanol–water partition coefficient (Wildman–Crippen LogP) is 4.88. The maximum atomic E-state index is 13.4. The summed E-state index contributed by atoms with van der Waals surface area (Å²) < 4.78 is 18.4. The van der Waals surface area contributed by atoms with E-state index in [0.717, 1.165) is 22.4 Å². The van der Waals surface area contributed by atoms with Gasteiger partial charge >= 0.3 is 5.97 Å². The van der Waals surface area contributed by atoms with Crippen LogP contribution in [0.4, 0.5) is 4.39 Å². The summed E-state index contributed by atoms with van der Waals surface area (Å²) in [5.74, 6) is -1.63. The van der Waals surface area contributed by atoms with Gasteiger partial charge in [-0.15, -0.1) is 0 Å². The number of nitrogens with zero attached hydrogens (tertiary/aromatic N) is 1. The minimum Gasteiger partial charge on any atom is -0.466 e. The Hall–Kier alpha value is -3.08. The summed E-state index contributed by atoms with van der Waals surface area (Å²) in [6.07, 6.45) is 0.946. The number of aliphatic imine (C=N–C) groups is 1. The molecule has 0 bridgehead atoms. The summed E-state index contributed by atoms with van der Waals surface area (Å²) in [5.41, 5.74) is 4.74. The summed E-state index contributed by atoms with van der Waals surface area (Å²) in [6.45, 7) is 3.78. The molecule has 1 aliphatic carbocycles.